The fourth-order valence-electron chi connectivity index (χ4n) is 2.32. The number of hydrogen-bond acceptors (Lipinski definition) is 3. The molecule has 0 unspecified atom stereocenters. The van der Waals surface area contributed by atoms with Crippen LogP contribution < -0.4 is 14.8 Å². The zero-order chi connectivity index (χ0) is 15.5. The summed E-state index contributed by atoms with van der Waals surface area (Å²) in [4.78, 5) is 0. The average molecular weight is 314 g/mol. The third kappa shape index (κ3) is 6.15. The van der Waals surface area contributed by atoms with Crippen LogP contribution in [0.3, 0.4) is 0 Å². The quantitative estimate of drug-likeness (QED) is 0.595. The molecule has 4 heteroatoms. The maximum Gasteiger partial charge on any atom is 0.179 e. The number of methoxy groups -OCH3 is 2. The van der Waals surface area contributed by atoms with Gasteiger partial charge in [0.15, 0.2) is 11.5 Å². The van der Waals surface area contributed by atoms with Gasteiger partial charge in [-0.3, -0.25) is 0 Å². The molecule has 0 aliphatic rings. The van der Waals surface area contributed by atoms with E-state index in [2.05, 4.69) is 12.2 Å². The van der Waals surface area contributed by atoms with Gasteiger partial charge in [-0.25, -0.2) is 0 Å². The highest BCUT2D eigenvalue weighted by molar-refractivity contribution is 6.33. The molecule has 0 spiro atoms. The van der Waals surface area contributed by atoms with Crippen molar-refractivity contribution in [3.8, 4) is 11.5 Å². The van der Waals surface area contributed by atoms with Gasteiger partial charge in [-0.05, 0) is 24.6 Å². The fourth-order valence-corrected chi connectivity index (χ4v) is 2.62. The molecular weight excluding hydrogens is 286 g/mol. The van der Waals surface area contributed by atoms with Gasteiger partial charge in [-0.15, -0.1) is 0 Å². The second kappa shape index (κ2) is 10.7. The molecule has 0 bridgehead atoms. The van der Waals surface area contributed by atoms with Crippen molar-refractivity contribution in [3.05, 3.63) is 22.7 Å². The van der Waals surface area contributed by atoms with Crippen LogP contribution >= 0.6 is 11.6 Å². The minimum absolute atomic E-state index is 0.609. The molecule has 120 valence electrons. The van der Waals surface area contributed by atoms with Crippen LogP contribution in [0, 0.1) is 0 Å². The van der Waals surface area contributed by atoms with E-state index in [-0.39, 0.29) is 0 Å². The molecule has 0 aromatic heterocycles. The second-order valence-electron chi connectivity index (χ2n) is 5.22. The van der Waals surface area contributed by atoms with Crippen LogP contribution in [-0.2, 0) is 6.54 Å². The lowest BCUT2D eigenvalue weighted by Gasteiger charge is -2.13. The predicted octanol–water partition coefficient (Wildman–Crippen LogP) is 4.81. The van der Waals surface area contributed by atoms with Gasteiger partial charge in [0.2, 0.25) is 0 Å². The average Bonchev–Trinajstić information content (AvgIpc) is 2.50. The lowest BCUT2D eigenvalue weighted by Crippen LogP contribution is -2.15. The first-order valence-corrected chi connectivity index (χ1v) is 8.22. The lowest BCUT2D eigenvalue weighted by molar-refractivity contribution is 0.354. The minimum atomic E-state index is 0.609. The Hall–Kier alpha value is -0.930. The topological polar surface area (TPSA) is 30.5 Å². The molecule has 0 heterocycles. The van der Waals surface area contributed by atoms with E-state index >= 15 is 0 Å². The normalized spacial score (nSPS) is 10.7. The number of rotatable bonds is 11. The molecular formula is C17H28ClNO2. The Morgan fingerprint density at radius 2 is 1.71 bits per heavy atom. The first kappa shape index (κ1) is 18.1. The largest absolute Gasteiger partial charge is 0.493 e. The van der Waals surface area contributed by atoms with Crippen LogP contribution in [0.25, 0.3) is 0 Å². The maximum absolute atomic E-state index is 6.35. The minimum Gasteiger partial charge on any atom is -0.493 e. The van der Waals surface area contributed by atoms with Gasteiger partial charge in [0.05, 0.1) is 19.2 Å². The zero-order valence-corrected chi connectivity index (χ0v) is 14.3. The van der Waals surface area contributed by atoms with Gasteiger partial charge in [-0.2, -0.15) is 0 Å². The van der Waals surface area contributed by atoms with Gasteiger partial charge in [0.1, 0.15) is 0 Å². The van der Waals surface area contributed by atoms with Crippen LogP contribution in [0.2, 0.25) is 5.02 Å². The molecule has 0 aliphatic carbocycles. The second-order valence-corrected chi connectivity index (χ2v) is 5.60. The number of ether oxygens (including phenoxy) is 2. The Balaban J connectivity index is 2.32. The highest BCUT2D eigenvalue weighted by Crippen LogP contribution is 2.37. The fraction of sp³-hybridized carbons (Fsp3) is 0.647. The van der Waals surface area contributed by atoms with E-state index in [0.717, 1.165) is 18.7 Å². The van der Waals surface area contributed by atoms with Crippen molar-refractivity contribution in [1.29, 1.82) is 0 Å². The number of unbranched alkanes of at least 4 members (excludes halogenated alkanes) is 5. The SMILES string of the molecule is CCCCCCCCNCc1ccc(OC)c(OC)c1Cl. The third-order valence-electron chi connectivity index (χ3n) is 3.59. The Bertz CT molecular complexity index is 410. The summed E-state index contributed by atoms with van der Waals surface area (Å²) in [7, 11) is 3.22. The van der Waals surface area contributed by atoms with Gasteiger partial charge in [0.25, 0.3) is 0 Å². The zero-order valence-electron chi connectivity index (χ0n) is 13.5. The van der Waals surface area contributed by atoms with Crippen LogP contribution in [0.4, 0.5) is 0 Å². The summed E-state index contributed by atoms with van der Waals surface area (Å²) in [6.07, 6.45) is 7.87. The Morgan fingerprint density at radius 3 is 2.38 bits per heavy atom. The Labute approximate surface area is 134 Å². The molecule has 1 rings (SSSR count). The van der Waals surface area contributed by atoms with E-state index in [1.807, 2.05) is 12.1 Å². The first-order valence-electron chi connectivity index (χ1n) is 7.84. The van der Waals surface area contributed by atoms with E-state index in [0.29, 0.717) is 16.5 Å². The van der Waals surface area contributed by atoms with Crippen molar-refractivity contribution in [2.24, 2.45) is 0 Å². The molecule has 21 heavy (non-hydrogen) atoms. The predicted molar refractivity (Wildman–Crippen MR) is 89.6 cm³/mol. The van der Waals surface area contributed by atoms with Gasteiger partial charge in [0, 0.05) is 6.54 Å². The monoisotopic (exact) mass is 313 g/mol. The number of halogens is 1. The van der Waals surface area contributed by atoms with Crippen molar-refractivity contribution in [3.63, 3.8) is 0 Å². The van der Waals surface area contributed by atoms with Crippen molar-refractivity contribution in [2.45, 2.75) is 52.0 Å². The molecule has 0 saturated carbocycles. The molecule has 0 radical (unpaired) electrons. The molecule has 0 saturated heterocycles. The van der Waals surface area contributed by atoms with E-state index < -0.39 is 0 Å². The van der Waals surface area contributed by atoms with Crippen LogP contribution in [-0.4, -0.2) is 20.8 Å². The van der Waals surface area contributed by atoms with Crippen molar-refractivity contribution >= 4 is 11.6 Å². The summed E-state index contributed by atoms with van der Waals surface area (Å²) >= 11 is 6.35. The Morgan fingerprint density at radius 1 is 1.00 bits per heavy atom. The van der Waals surface area contributed by atoms with E-state index in [1.165, 1.54) is 38.5 Å². The summed E-state index contributed by atoms with van der Waals surface area (Å²) in [5.41, 5.74) is 1.04. The lowest BCUT2D eigenvalue weighted by atomic mass is 10.1. The van der Waals surface area contributed by atoms with Gasteiger partial charge < -0.3 is 14.8 Å². The highest BCUT2D eigenvalue weighted by Gasteiger charge is 2.12. The Kier molecular flexibility index (Phi) is 9.27. The standard InChI is InChI=1S/C17H28ClNO2/c1-4-5-6-7-8-9-12-19-13-14-10-11-15(20-2)17(21-3)16(14)18/h10-11,19H,4-9,12-13H2,1-3H3. The molecule has 1 aromatic carbocycles. The van der Waals surface area contributed by atoms with Crippen LogP contribution in [0.15, 0.2) is 12.1 Å². The van der Waals surface area contributed by atoms with E-state index in [4.69, 9.17) is 21.1 Å². The molecule has 3 nitrogen and oxygen atoms in total. The first-order chi connectivity index (χ1) is 10.2. The maximum atomic E-state index is 6.35. The summed E-state index contributed by atoms with van der Waals surface area (Å²) in [5.74, 6) is 1.28. The van der Waals surface area contributed by atoms with E-state index in [1.54, 1.807) is 14.2 Å². The van der Waals surface area contributed by atoms with Gasteiger partial charge >= 0.3 is 0 Å². The van der Waals surface area contributed by atoms with Crippen LogP contribution in [0.5, 0.6) is 11.5 Å². The molecule has 1 N–H and O–H groups in total. The summed E-state index contributed by atoms with van der Waals surface area (Å²) in [6, 6.07) is 3.88. The van der Waals surface area contributed by atoms with Crippen molar-refractivity contribution in [2.75, 3.05) is 20.8 Å². The third-order valence-corrected chi connectivity index (χ3v) is 4.00. The summed E-state index contributed by atoms with van der Waals surface area (Å²) in [5, 5.41) is 4.07. The van der Waals surface area contributed by atoms with Crippen molar-refractivity contribution < 1.29 is 9.47 Å². The van der Waals surface area contributed by atoms with Gasteiger partial charge in [-0.1, -0.05) is 56.7 Å². The number of benzene rings is 1. The number of hydrogen-bond donors (Lipinski definition) is 1. The molecule has 0 fully saturated rings. The van der Waals surface area contributed by atoms with E-state index in [9.17, 15) is 0 Å². The molecule has 1 aromatic rings. The number of nitrogens with one attached hydrogen (secondary N) is 1. The molecule has 0 amide bonds. The van der Waals surface area contributed by atoms with Crippen molar-refractivity contribution in [1.82, 2.24) is 5.32 Å². The van der Waals surface area contributed by atoms with Crippen LogP contribution in [0.1, 0.15) is 51.0 Å². The smallest absolute Gasteiger partial charge is 0.179 e. The molecule has 0 aliphatic heterocycles. The molecule has 0 atom stereocenters. The highest BCUT2D eigenvalue weighted by atomic mass is 35.5. The summed E-state index contributed by atoms with van der Waals surface area (Å²) < 4.78 is 10.5. The summed E-state index contributed by atoms with van der Waals surface area (Å²) in [6.45, 7) is 4.03.